The average Bonchev–Trinajstić information content (AvgIpc) is 3.85. The van der Waals surface area contributed by atoms with Crippen LogP contribution in [0.25, 0.3) is 0 Å². The molecule has 3 aliphatic carbocycles. The topological polar surface area (TPSA) is 3.24 Å². The molecule has 0 fully saturated rings. The molecule has 0 saturated carbocycles. The Hall–Kier alpha value is -4.27. The number of nitrogens with zero attached hydrogens (tertiary/aromatic N) is 1. The fourth-order valence-corrected chi connectivity index (χ4v) is 10.4. The number of likely N-dealkylation sites (N-methyl/N-ethyl adjacent to an activating group) is 1. The number of benzene rings is 4. The first-order valence-corrected chi connectivity index (χ1v) is 17.7. The van der Waals surface area contributed by atoms with Crippen LogP contribution in [0.5, 0.6) is 0 Å². The second-order valence-electron chi connectivity index (χ2n) is 10.7. The molecule has 7 rings (SSSR count). The Bertz CT molecular complexity index is 1980. The van der Waals surface area contributed by atoms with Gasteiger partial charge in [-0.1, -0.05) is 127 Å². The molecule has 0 aromatic heterocycles. The molecule has 0 heterocycles. The van der Waals surface area contributed by atoms with Crippen LogP contribution in [-0.4, -0.2) is 19.0 Å². The second kappa shape index (κ2) is 17.0. The Kier molecular flexibility index (Phi) is 12.4. The summed E-state index contributed by atoms with van der Waals surface area (Å²) in [6.07, 6.45) is 15.9. The summed E-state index contributed by atoms with van der Waals surface area (Å²) >= 11 is 0. The standard InChI is InChI=1S/C38H31NP2.C5.Fe/c1-39(2)38(35-27-17-29-37(35)41(32-22-11-5-12-23-32)33-24-13-6-14-25-33)34-26-15-16-28-36(34)40(30-18-7-3-8-19-30)31-20-9-4-10-21-31;1-2-4-5-3-1;/h3-16,18-26,28,38H,1-2H3;;/q2*-1;+2/t38-;;/m1../s1. The van der Waals surface area contributed by atoms with Crippen LogP contribution in [0.1, 0.15) is 11.6 Å². The summed E-state index contributed by atoms with van der Waals surface area (Å²) in [5, 5.41) is 7.86. The molecule has 1 unspecified atom stereocenters. The predicted molar refractivity (Wildman–Crippen MR) is 195 cm³/mol. The fraction of sp³-hybridized carbons (Fsp3) is 0.0698. The van der Waals surface area contributed by atoms with Crippen molar-refractivity contribution in [3.05, 3.63) is 215 Å². The van der Waals surface area contributed by atoms with Gasteiger partial charge in [-0.15, -0.1) is 23.9 Å². The summed E-state index contributed by atoms with van der Waals surface area (Å²) in [6, 6.07) is 41.6. The van der Waals surface area contributed by atoms with E-state index in [1.54, 1.807) is 0 Å². The Labute approximate surface area is 292 Å². The van der Waals surface area contributed by atoms with E-state index < -0.39 is 15.8 Å². The number of hydrogen-bond acceptors (Lipinski definition) is 1. The van der Waals surface area contributed by atoms with Crippen LogP contribution in [0.2, 0.25) is 0 Å². The van der Waals surface area contributed by atoms with E-state index in [-0.39, 0.29) is 23.1 Å². The van der Waals surface area contributed by atoms with E-state index >= 15 is 0 Å². The molecule has 0 bridgehead atoms. The van der Waals surface area contributed by atoms with Gasteiger partial charge in [-0.2, -0.15) is 24.6 Å². The molecule has 4 aromatic rings. The summed E-state index contributed by atoms with van der Waals surface area (Å²) < 4.78 is 0. The Morgan fingerprint density at radius 2 is 1.28 bits per heavy atom. The first kappa shape index (κ1) is 34.1. The van der Waals surface area contributed by atoms with Gasteiger partial charge in [-0.05, 0) is 62.5 Å². The molecule has 47 heavy (non-hydrogen) atoms. The summed E-state index contributed by atoms with van der Waals surface area (Å²) in [6.45, 7) is 0. The van der Waals surface area contributed by atoms with Gasteiger partial charge in [0.05, 0.1) is 6.04 Å². The first-order chi connectivity index (χ1) is 22.7. The molecule has 0 saturated heterocycles. The van der Waals surface area contributed by atoms with Gasteiger partial charge in [0.2, 0.25) is 0 Å². The molecule has 2 atom stereocenters. The molecule has 2 radical (unpaired) electrons. The monoisotopic (exact) mass is 679 g/mol. The molecule has 0 amide bonds. The summed E-state index contributed by atoms with van der Waals surface area (Å²) in [4.78, 5) is 2.32. The van der Waals surface area contributed by atoms with Crippen molar-refractivity contribution in [1.82, 2.24) is 4.90 Å². The molecule has 226 valence electrons. The predicted octanol–water partition coefficient (Wildman–Crippen LogP) is 8.08. The normalized spacial score (nSPS) is 14.6. The zero-order valence-electron chi connectivity index (χ0n) is 26.1. The van der Waals surface area contributed by atoms with Gasteiger partial charge < -0.3 is 0 Å². The third kappa shape index (κ3) is 8.18. The largest absolute Gasteiger partial charge is 2.00 e. The zero-order chi connectivity index (χ0) is 31.6. The van der Waals surface area contributed by atoms with Crippen LogP contribution in [0, 0.1) is 25.0 Å². The fourth-order valence-electron chi connectivity index (χ4n) is 5.57. The van der Waals surface area contributed by atoms with Crippen LogP contribution in [0.15, 0.2) is 184 Å². The summed E-state index contributed by atoms with van der Waals surface area (Å²) in [5.74, 6) is 0. The van der Waals surface area contributed by atoms with Gasteiger partial charge in [0.15, 0.2) is 0 Å². The van der Waals surface area contributed by atoms with E-state index in [0.717, 1.165) is 5.57 Å². The van der Waals surface area contributed by atoms with Crippen molar-refractivity contribution >= 4 is 37.1 Å². The van der Waals surface area contributed by atoms with Gasteiger partial charge in [0.1, 0.15) is 0 Å². The molecule has 0 aliphatic heterocycles. The van der Waals surface area contributed by atoms with Crippen molar-refractivity contribution in [2.24, 2.45) is 0 Å². The van der Waals surface area contributed by atoms with Gasteiger partial charge in [-0.3, -0.25) is 16.4 Å². The quantitative estimate of drug-likeness (QED) is 0.0749. The van der Waals surface area contributed by atoms with Crippen molar-refractivity contribution in [2.45, 2.75) is 6.04 Å². The number of allylic oxidation sites excluding steroid dienone is 6. The minimum absolute atomic E-state index is 0. The van der Waals surface area contributed by atoms with E-state index in [4.69, 9.17) is 0 Å². The van der Waals surface area contributed by atoms with Crippen molar-refractivity contribution in [3.63, 3.8) is 0 Å². The van der Waals surface area contributed by atoms with Gasteiger partial charge >= 0.3 is 17.1 Å². The smallest absolute Gasteiger partial charge is 0.298 e. The maximum absolute atomic E-state index is 3.55. The summed E-state index contributed by atoms with van der Waals surface area (Å²) in [7, 11) is 2.75. The van der Waals surface area contributed by atoms with E-state index in [1.807, 2.05) is 0 Å². The molecule has 4 heteroatoms. The van der Waals surface area contributed by atoms with Crippen molar-refractivity contribution in [1.29, 1.82) is 0 Å². The van der Waals surface area contributed by atoms with Crippen LogP contribution < -0.4 is 21.2 Å². The maximum Gasteiger partial charge on any atom is 2.00 e. The van der Waals surface area contributed by atoms with E-state index in [0.29, 0.717) is 0 Å². The zero-order valence-corrected chi connectivity index (χ0v) is 29.0. The van der Waals surface area contributed by atoms with Gasteiger partial charge in [-0.25, -0.2) is 5.73 Å². The van der Waals surface area contributed by atoms with Crippen LogP contribution in [0.3, 0.4) is 0 Å². The minimum atomic E-state index is -0.829. The van der Waals surface area contributed by atoms with E-state index in [2.05, 4.69) is 212 Å². The molecule has 0 spiro atoms. The van der Waals surface area contributed by atoms with Crippen molar-refractivity contribution in [2.75, 3.05) is 14.1 Å². The molecular weight excluding hydrogens is 648 g/mol. The number of rotatable bonds is 9. The molecule has 0 N–H and O–H groups in total. The van der Waals surface area contributed by atoms with E-state index in [9.17, 15) is 0 Å². The SMILES string of the molecule is CN(C)[C@@H](C1=C=C=C=C1P(c1ccccc1)c1ccccc1)c1ccccc1P(C1=C[CH]C=C[CH-]1)c1ccccc1.[C]1=C=C=C=[C-]1.[Fe+2]. The first-order valence-electron chi connectivity index (χ1n) is 15.0. The van der Waals surface area contributed by atoms with Crippen LogP contribution in [0.4, 0.5) is 0 Å². The third-order valence-electron chi connectivity index (χ3n) is 7.49. The van der Waals surface area contributed by atoms with E-state index in [1.165, 1.54) is 37.4 Å². The number of hydrogen-bond donors (Lipinski definition) is 0. The maximum atomic E-state index is 3.55. The summed E-state index contributed by atoms with van der Waals surface area (Å²) in [5.41, 5.74) is 20.3. The van der Waals surface area contributed by atoms with Gasteiger partial charge in [0.25, 0.3) is 0 Å². The molecule has 3 aliphatic rings. The van der Waals surface area contributed by atoms with Crippen LogP contribution in [-0.2, 0) is 17.1 Å². The van der Waals surface area contributed by atoms with Crippen molar-refractivity contribution in [3.8, 4) is 0 Å². The molecular formula is C43H31FeNP2. The second-order valence-corrected chi connectivity index (χ2v) is 15.0. The van der Waals surface area contributed by atoms with Crippen LogP contribution >= 0.6 is 15.8 Å². The Morgan fingerprint density at radius 3 is 1.79 bits per heavy atom. The third-order valence-corrected chi connectivity index (χ3v) is 12.4. The van der Waals surface area contributed by atoms with Crippen molar-refractivity contribution < 1.29 is 17.1 Å². The average molecular weight is 680 g/mol. The molecule has 1 nitrogen and oxygen atoms in total. The minimum Gasteiger partial charge on any atom is -0.298 e. The Balaban J connectivity index is 0.000000662. The van der Waals surface area contributed by atoms with Gasteiger partial charge in [0, 0.05) is 10.9 Å². The Morgan fingerprint density at radius 1 is 0.681 bits per heavy atom. The molecule has 4 aromatic carbocycles.